The van der Waals surface area contributed by atoms with Gasteiger partial charge in [0, 0.05) is 24.5 Å². The molecule has 0 amide bonds. The molecule has 0 saturated carbocycles. The van der Waals surface area contributed by atoms with Gasteiger partial charge in [-0.25, -0.2) is 0 Å². The fourth-order valence-corrected chi connectivity index (χ4v) is 4.22. The molecule has 0 aromatic heterocycles. The molecule has 1 heterocycles. The first-order valence-electron chi connectivity index (χ1n) is 10.6. The minimum atomic E-state index is -0.775. The van der Waals surface area contributed by atoms with E-state index >= 15 is 0 Å². The first-order chi connectivity index (χ1) is 15.1. The summed E-state index contributed by atoms with van der Waals surface area (Å²) in [4.78, 5) is 13.1. The van der Waals surface area contributed by atoms with Crippen molar-refractivity contribution >= 4 is 23.3 Å². The van der Waals surface area contributed by atoms with Crippen molar-refractivity contribution in [3.05, 3.63) is 94.0 Å². The molecule has 3 aromatic rings. The third-order valence-corrected chi connectivity index (χ3v) is 6.01. The van der Waals surface area contributed by atoms with Crippen molar-refractivity contribution < 1.29 is 14.6 Å². The van der Waals surface area contributed by atoms with Crippen molar-refractivity contribution in [2.24, 2.45) is 0 Å². The van der Waals surface area contributed by atoms with Crippen LogP contribution in [0.5, 0.6) is 5.75 Å². The highest BCUT2D eigenvalue weighted by atomic mass is 35.5. The molecule has 4 nitrogen and oxygen atoms in total. The van der Waals surface area contributed by atoms with E-state index in [0.29, 0.717) is 13.0 Å². The number of carbonyl (C=O) groups is 1. The summed E-state index contributed by atoms with van der Waals surface area (Å²) in [6.45, 7) is 2.19. The van der Waals surface area contributed by atoms with Crippen LogP contribution < -0.4 is 9.64 Å². The molecule has 0 bridgehead atoms. The number of fused-ring (bicyclic) bond motifs is 1. The highest BCUT2D eigenvalue weighted by Crippen LogP contribution is 2.38. The standard InChI is InChI=1S/C26H26ClNO3/c27-23-8-2-1-5-22(23)17-28-16-4-7-21-6-3-9-24(26(21)28)31-18-20-12-10-19(11-13-20)14-15-25(29)30/h1-3,5-6,8-13H,4,7,14-18H2,(H,29,30). The van der Waals surface area contributed by atoms with Crippen molar-refractivity contribution in [3.63, 3.8) is 0 Å². The molecule has 0 radical (unpaired) electrons. The molecular formula is C26H26ClNO3. The van der Waals surface area contributed by atoms with Gasteiger partial charge >= 0.3 is 5.97 Å². The van der Waals surface area contributed by atoms with E-state index in [1.54, 1.807) is 0 Å². The summed E-state index contributed by atoms with van der Waals surface area (Å²) in [5.74, 6) is 0.113. The topological polar surface area (TPSA) is 49.8 Å². The zero-order valence-electron chi connectivity index (χ0n) is 17.4. The Morgan fingerprint density at radius 1 is 1.00 bits per heavy atom. The van der Waals surface area contributed by atoms with E-state index in [4.69, 9.17) is 21.4 Å². The second-order valence-electron chi connectivity index (χ2n) is 7.88. The highest BCUT2D eigenvalue weighted by Gasteiger charge is 2.22. The van der Waals surface area contributed by atoms with Gasteiger partial charge in [0.2, 0.25) is 0 Å². The number of para-hydroxylation sites is 1. The van der Waals surface area contributed by atoms with Crippen LogP contribution in [0.2, 0.25) is 5.02 Å². The molecule has 160 valence electrons. The normalized spacial score (nSPS) is 13.0. The summed E-state index contributed by atoms with van der Waals surface area (Å²) >= 11 is 6.41. The van der Waals surface area contributed by atoms with E-state index in [9.17, 15) is 4.79 Å². The number of rotatable bonds is 8. The van der Waals surface area contributed by atoms with Crippen molar-refractivity contribution in [1.29, 1.82) is 0 Å². The number of halogens is 1. The van der Waals surface area contributed by atoms with Crippen LogP contribution in [-0.4, -0.2) is 17.6 Å². The molecule has 0 fully saturated rings. The van der Waals surface area contributed by atoms with E-state index < -0.39 is 5.97 Å². The average molecular weight is 436 g/mol. The summed E-state index contributed by atoms with van der Waals surface area (Å²) in [6.07, 6.45) is 2.84. The predicted octanol–water partition coefficient (Wildman–Crippen LogP) is 5.89. The smallest absolute Gasteiger partial charge is 0.303 e. The van der Waals surface area contributed by atoms with Crippen molar-refractivity contribution in [2.75, 3.05) is 11.4 Å². The lowest BCUT2D eigenvalue weighted by atomic mass is 10.00. The second kappa shape index (κ2) is 9.88. The molecule has 31 heavy (non-hydrogen) atoms. The summed E-state index contributed by atoms with van der Waals surface area (Å²) in [5, 5.41) is 9.62. The van der Waals surface area contributed by atoms with Crippen molar-refractivity contribution in [3.8, 4) is 5.75 Å². The molecule has 0 spiro atoms. The first-order valence-corrected chi connectivity index (χ1v) is 11.0. The number of hydrogen-bond acceptors (Lipinski definition) is 3. The number of carboxylic acids is 1. The van der Waals surface area contributed by atoms with Crippen LogP contribution in [0.1, 0.15) is 35.1 Å². The van der Waals surface area contributed by atoms with Crippen LogP contribution in [0.3, 0.4) is 0 Å². The molecule has 1 aliphatic rings. The molecule has 0 saturated heterocycles. The average Bonchev–Trinajstić information content (AvgIpc) is 2.78. The number of nitrogens with zero attached hydrogens (tertiary/aromatic N) is 1. The lowest BCUT2D eigenvalue weighted by Crippen LogP contribution is -2.29. The van der Waals surface area contributed by atoms with Gasteiger partial charge in [-0.1, -0.05) is 66.2 Å². The monoisotopic (exact) mass is 435 g/mol. The SMILES string of the molecule is O=C(O)CCc1ccc(COc2cccc3c2N(Cc2ccccc2Cl)CCC3)cc1. The third-order valence-electron chi connectivity index (χ3n) is 5.64. The lowest BCUT2D eigenvalue weighted by molar-refractivity contribution is -0.136. The van der Waals surface area contributed by atoms with Crippen LogP contribution in [0.25, 0.3) is 0 Å². The first kappa shape index (κ1) is 21.3. The molecule has 4 rings (SSSR count). The Morgan fingerprint density at radius 3 is 2.55 bits per heavy atom. The number of benzene rings is 3. The Hall–Kier alpha value is -2.98. The van der Waals surface area contributed by atoms with Crippen LogP contribution in [-0.2, 0) is 30.8 Å². The van der Waals surface area contributed by atoms with Gasteiger partial charge in [0.15, 0.2) is 0 Å². The highest BCUT2D eigenvalue weighted by molar-refractivity contribution is 6.31. The molecule has 5 heteroatoms. The maximum atomic E-state index is 10.7. The molecule has 0 unspecified atom stereocenters. The van der Waals surface area contributed by atoms with E-state index in [1.165, 1.54) is 5.56 Å². The lowest BCUT2D eigenvalue weighted by Gasteiger charge is -2.33. The van der Waals surface area contributed by atoms with Gasteiger partial charge < -0.3 is 14.7 Å². The Bertz CT molecular complexity index is 1050. The zero-order valence-corrected chi connectivity index (χ0v) is 18.1. The number of hydrogen-bond donors (Lipinski definition) is 1. The summed E-state index contributed by atoms with van der Waals surface area (Å²) in [5.41, 5.74) is 5.66. The van der Waals surface area contributed by atoms with E-state index in [-0.39, 0.29) is 6.42 Å². The van der Waals surface area contributed by atoms with Gasteiger partial charge in [-0.05, 0) is 53.6 Å². The second-order valence-corrected chi connectivity index (χ2v) is 8.29. The Balaban J connectivity index is 1.48. The van der Waals surface area contributed by atoms with Crippen molar-refractivity contribution in [1.82, 2.24) is 0 Å². The van der Waals surface area contributed by atoms with Gasteiger partial charge in [-0.2, -0.15) is 0 Å². The van der Waals surface area contributed by atoms with E-state index in [2.05, 4.69) is 23.1 Å². The van der Waals surface area contributed by atoms with Crippen molar-refractivity contribution in [2.45, 2.75) is 38.8 Å². The van der Waals surface area contributed by atoms with Gasteiger partial charge in [0.1, 0.15) is 12.4 Å². The number of aryl methyl sites for hydroxylation is 2. The Kier molecular flexibility index (Phi) is 6.78. The van der Waals surface area contributed by atoms with Crippen LogP contribution in [0.15, 0.2) is 66.7 Å². The maximum absolute atomic E-state index is 10.7. The quantitative estimate of drug-likeness (QED) is 0.479. The molecule has 0 aliphatic carbocycles. The van der Waals surface area contributed by atoms with Crippen LogP contribution >= 0.6 is 11.6 Å². The summed E-state index contributed by atoms with van der Waals surface area (Å²) in [6, 6.07) is 22.2. The Morgan fingerprint density at radius 2 is 1.77 bits per heavy atom. The minimum absolute atomic E-state index is 0.146. The van der Waals surface area contributed by atoms with Gasteiger partial charge in [-0.3, -0.25) is 4.79 Å². The molecule has 1 aliphatic heterocycles. The number of carboxylic acid groups (broad SMARTS) is 1. The van der Waals surface area contributed by atoms with E-state index in [1.807, 2.05) is 48.5 Å². The zero-order chi connectivity index (χ0) is 21.6. The van der Waals surface area contributed by atoms with Crippen LogP contribution in [0, 0.1) is 0 Å². The number of ether oxygens (including phenoxy) is 1. The largest absolute Gasteiger partial charge is 0.487 e. The number of aliphatic carboxylic acids is 1. The predicted molar refractivity (Wildman–Crippen MR) is 124 cm³/mol. The molecular weight excluding hydrogens is 410 g/mol. The minimum Gasteiger partial charge on any atom is -0.487 e. The van der Waals surface area contributed by atoms with Gasteiger partial charge in [0.25, 0.3) is 0 Å². The third kappa shape index (κ3) is 5.39. The Labute approximate surface area is 188 Å². The molecule has 0 atom stereocenters. The van der Waals surface area contributed by atoms with Crippen LogP contribution in [0.4, 0.5) is 5.69 Å². The summed E-state index contributed by atoms with van der Waals surface area (Å²) < 4.78 is 6.26. The fourth-order valence-electron chi connectivity index (χ4n) is 4.02. The van der Waals surface area contributed by atoms with Gasteiger partial charge in [-0.15, -0.1) is 0 Å². The molecule has 3 aromatic carbocycles. The number of anilines is 1. The fraction of sp³-hybridized carbons (Fsp3) is 0.269. The summed E-state index contributed by atoms with van der Waals surface area (Å²) in [7, 11) is 0. The van der Waals surface area contributed by atoms with E-state index in [0.717, 1.165) is 59.1 Å². The van der Waals surface area contributed by atoms with Gasteiger partial charge in [0.05, 0.1) is 5.69 Å². The molecule has 1 N–H and O–H groups in total. The maximum Gasteiger partial charge on any atom is 0.303 e.